The minimum absolute atomic E-state index is 0.741. The molecule has 3 aromatic rings. The Kier molecular flexibility index (Phi) is 2.88. The molecule has 0 amide bonds. The van der Waals surface area contributed by atoms with E-state index in [4.69, 9.17) is 0 Å². The Hall–Kier alpha value is -1.68. The highest BCUT2D eigenvalue weighted by Crippen LogP contribution is 2.17. The van der Waals surface area contributed by atoms with Gasteiger partial charge in [-0.15, -0.1) is 0 Å². The number of para-hydroxylation sites is 2. The SMILES string of the molecule is Cn1c(Cc2cccc(Br)n2)nc2ccccc21. The van der Waals surface area contributed by atoms with Crippen molar-refractivity contribution < 1.29 is 0 Å². The smallest absolute Gasteiger partial charge is 0.115 e. The van der Waals surface area contributed by atoms with Gasteiger partial charge in [0, 0.05) is 19.2 Å². The van der Waals surface area contributed by atoms with Crippen molar-refractivity contribution in [3.8, 4) is 0 Å². The molecule has 3 rings (SSSR count). The molecule has 2 heterocycles. The van der Waals surface area contributed by atoms with Gasteiger partial charge in [0.05, 0.1) is 11.0 Å². The van der Waals surface area contributed by atoms with Gasteiger partial charge in [-0.3, -0.25) is 0 Å². The Morgan fingerprint density at radius 1 is 1.06 bits per heavy atom. The molecule has 0 atom stereocenters. The minimum atomic E-state index is 0.741. The maximum Gasteiger partial charge on any atom is 0.115 e. The van der Waals surface area contributed by atoms with Crippen LogP contribution >= 0.6 is 15.9 Å². The van der Waals surface area contributed by atoms with E-state index >= 15 is 0 Å². The Morgan fingerprint density at radius 2 is 1.89 bits per heavy atom. The number of hydrogen-bond acceptors (Lipinski definition) is 2. The van der Waals surface area contributed by atoms with Gasteiger partial charge in [-0.25, -0.2) is 9.97 Å². The second-order valence-electron chi connectivity index (χ2n) is 4.20. The van der Waals surface area contributed by atoms with Crippen molar-refractivity contribution >= 4 is 27.0 Å². The van der Waals surface area contributed by atoms with E-state index in [1.807, 2.05) is 43.4 Å². The van der Waals surface area contributed by atoms with Gasteiger partial charge < -0.3 is 4.57 Å². The van der Waals surface area contributed by atoms with Crippen LogP contribution in [0.25, 0.3) is 11.0 Å². The first-order valence-electron chi connectivity index (χ1n) is 5.76. The van der Waals surface area contributed by atoms with Crippen LogP contribution in [0.3, 0.4) is 0 Å². The van der Waals surface area contributed by atoms with E-state index < -0.39 is 0 Å². The van der Waals surface area contributed by atoms with E-state index in [2.05, 4.69) is 36.5 Å². The third kappa shape index (κ3) is 2.04. The Labute approximate surface area is 114 Å². The molecule has 0 radical (unpaired) electrons. The van der Waals surface area contributed by atoms with Gasteiger partial charge in [0.2, 0.25) is 0 Å². The summed E-state index contributed by atoms with van der Waals surface area (Å²) in [5, 5.41) is 0. The van der Waals surface area contributed by atoms with E-state index in [9.17, 15) is 0 Å². The molecule has 0 saturated carbocycles. The maximum absolute atomic E-state index is 4.64. The minimum Gasteiger partial charge on any atom is -0.331 e. The first-order chi connectivity index (χ1) is 8.74. The predicted molar refractivity (Wildman–Crippen MR) is 75.5 cm³/mol. The van der Waals surface area contributed by atoms with E-state index in [1.165, 1.54) is 0 Å². The molecular weight excluding hydrogens is 290 g/mol. The summed E-state index contributed by atoms with van der Waals surface area (Å²) >= 11 is 3.39. The summed E-state index contributed by atoms with van der Waals surface area (Å²) in [6.45, 7) is 0. The Bertz CT molecular complexity index is 703. The summed E-state index contributed by atoms with van der Waals surface area (Å²) in [5.41, 5.74) is 3.20. The maximum atomic E-state index is 4.64. The number of halogens is 1. The second kappa shape index (κ2) is 4.53. The van der Waals surface area contributed by atoms with Crippen molar-refractivity contribution in [2.45, 2.75) is 6.42 Å². The number of aromatic nitrogens is 3. The molecule has 3 nitrogen and oxygen atoms in total. The first-order valence-corrected chi connectivity index (χ1v) is 6.55. The lowest BCUT2D eigenvalue weighted by molar-refractivity contribution is 0.831. The molecule has 4 heteroatoms. The van der Waals surface area contributed by atoms with Crippen molar-refractivity contribution in [3.63, 3.8) is 0 Å². The van der Waals surface area contributed by atoms with Crippen LogP contribution in [0.4, 0.5) is 0 Å². The molecule has 0 N–H and O–H groups in total. The second-order valence-corrected chi connectivity index (χ2v) is 5.02. The quantitative estimate of drug-likeness (QED) is 0.680. The highest BCUT2D eigenvalue weighted by Gasteiger charge is 2.08. The predicted octanol–water partition coefficient (Wildman–Crippen LogP) is 3.32. The molecule has 0 fully saturated rings. The van der Waals surface area contributed by atoms with E-state index in [-0.39, 0.29) is 0 Å². The summed E-state index contributed by atoms with van der Waals surface area (Å²) in [6.07, 6.45) is 0.741. The number of rotatable bonds is 2. The van der Waals surface area contributed by atoms with Crippen LogP contribution in [0, 0.1) is 0 Å². The molecule has 18 heavy (non-hydrogen) atoms. The average Bonchev–Trinajstić information content (AvgIpc) is 2.67. The van der Waals surface area contributed by atoms with E-state index in [0.717, 1.165) is 33.6 Å². The number of hydrogen-bond donors (Lipinski definition) is 0. The zero-order valence-electron chi connectivity index (χ0n) is 9.97. The summed E-state index contributed by atoms with van der Waals surface area (Å²) in [5.74, 6) is 1.03. The van der Waals surface area contributed by atoms with Crippen LogP contribution in [0.15, 0.2) is 47.1 Å². The fourth-order valence-electron chi connectivity index (χ4n) is 2.06. The zero-order valence-corrected chi connectivity index (χ0v) is 11.6. The number of imidazole rings is 1. The third-order valence-electron chi connectivity index (χ3n) is 2.99. The van der Waals surface area contributed by atoms with Crippen molar-refractivity contribution in [2.75, 3.05) is 0 Å². The molecule has 0 saturated heterocycles. The molecule has 0 aliphatic heterocycles. The van der Waals surface area contributed by atoms with Gasteiger partial charge in [-0.2, -0.15) is 0 Å². The van der Waals surface area contributed by atoms with Crippen LogP contribution in [0.1, 0.15) is 11.5 Å². The summed E-state index contributed by atoms with van der Waals surface area (Å²) in [4.78, 5) is 9.09. The molecule has 90 valence electrons. The molecule has 0 spiro atoms. The van der Waals surface area contributed by atoms with E-state index in [1.54, 1.807) is 0 Å². The molecule has 2 aromatic heterocycles. The lowest BCUT2D eigenvalue weighted by Gasteiger charge is -2.02. The largest absolute Gasteiger partial charge is 0.331 e. The summed E-state index contributed by atoms with van der Waals surface area (Å²) < 4.78 is 2.98. The lowest BCUT2D eigenvalue weighted by Crippen LogP contribution is -2.00. The van der Waals surface area contributed by atoms with Crippen LogP contribution in [0.2, 0.25) is 0 Å². The van der Waals surface area contributed by atoms with Crippen molar-refractivity contribution in [3.05, 3.63) is 58.6 Å². The van der Waals surface area contributed by atoms with Crippen molar-refractivity contribution in [1.82, 2.24) is 14.5 Å². The Balaban J connectivity index is 2.02. The summed E-state index contributed by atoms with van der Waals surface area (Å²) in [6, 6.07) is 14.1. The fraction of sp³-hybridized carbons (Fsp3) is 0.143. The lowest BCUT2D eigenvalue weighted by atomic mass is 10.2. The molecule has 0 bridgehead atoms. The zero-order chi connectivity index (χ0) is 12.5. The van der Waals surface area contributed by atoms with Crippen LogP contribution in [0.5, 0.6) is 0 Å². The molecular formula is C14H12BrN3. The van der Waals surface area contributed by atoms with Gasteiger partial charge in [0.1, 0.15) is 10.4 Å². The molecule has 0 aliphatic carbocycles. The van der Waals surface area contributed by atoms with Crippen LogP contribution in [-0.2, 0) is 13.5 Å². The van der Waals surface area contributed by atoms with Gasteiger partial charge in [-0.05, 0) is 40.2 Å². The standard InChI is InChI=1S/C14H12BrN3/c1-18-12-7-3-2-6-11(12)17-14(18)9-10-5-4-8-13(15)16-10/h2-8H,9H2,1H3. The number of benzene rings is 1. The molecule has 0 unspecified atom stereocenters. The van der Waals surface area contributed by atoms with Gasteiger partial charge >= 0.3 is 0 Å². The topological polar surface area (TPSA) is 30.7 Å². The average molecular weight is 302 g/mol. The van der Waals surface area contributed by atoms with Crippen LogP contribution < -0.4 is 0 Å². The van der Waals surface area contributed by atoms with Crippen molar-refractivity contribution in [1.29, 1.82) is 0 Å². The van der Waals surface area contributed by atoms with Crippen LogP contribution in [-0.4, -0.2) is 14.5 Å². The monoisotopic (exact) mass is 301 g/mol. The van der Waals surface area contributed by atoms with E-state index in [0.29, 0.717) is 0 Å². The molecule has 1 aromatic carbocycles. The number of pyridine rings is 1. The normalized spacial score (nSPS) is 11.0. The number of nitrogens with zero attached hydrogens (tertiary/aromatic N) is 3. The third-order valence-corrected chi connectivity index (χ3v) is 3.43. The first kappa shape index (κ1) is 11.4. The number of fused-ring (bicyclic) bond motifs is 1. The molecule has 0 aliphatic rings. The van der Waals surface area contributed by atoms with Gasteiger partial charge in [-0.1, -0.05) is 18.2 Å². The van der Waals surface area contributed by atoms with Crippen molar-refractivity contribution in [2.24, 2.45) is 7.05 Å². The Morgan fingerprint density at radius 3 is 2.67 bits per heavy atom. The van der Waals surface area contributed by atoms with Gasteiger partial charge in [0.25, 0.3) is 0 Å². The number of aryl methyl sites for hydroxylation is 1. The summed E-state index contributed by atoms with van der Waals surface area (Å²) in [7, 11) is 2.04. The highest BCUT2D eigenvalue weighted by atomic mass is 79.9. The highest BCUT2D eigenvalue weighted by molar-refractivity contribution is 9.10. The fourth-order valence-corrected chi connectivity index (χ4v) is 2.44. The van der Waals surface area contributed by atoms with Gasteiger partial charge in [0.15, 0.2) is 0 Å².